The average Bonchev–Trinajstić information content (AvgIpc) is 2.94. The predicted molar refractivity (Wildman–Crippen MR) is 75.3 cm³/mol. The Hall–Kier alpha value is -1.22. The van der Waals surface area contributed by atoms with Crippen molar-refractivity contribution in [1.82, 2.24) is 0 Å². The molecule has 1 aromatic carbocycles. The number of benzene rings is 1. The second-order valence-electron chi connectivity index (χ2n) is 5.43. The summed E-state index contributed by atoms with van der Waals surface area (Å²) in [6, 6.07) is 8.94. The maximum Gasteiger partial charge on any atom is 0.0574 e. The quantitative estimate of drug-likeness (QED) is 0.867. The molecule has 3 heteroatoms. The smallest absolute Gasteiger partial charge is 0.0574 e. The molecule has 0 unspecified atom stereocenters. The van der Waals surface area contributed by atoms with Gasteiger partial charge in [0.05, 0.1) is 6.10 Å². The van der Waals surface area contributed by atoms with E-state index in [1.165, 1.54) is 37.3 Å². The van der Waals surface area contributed by atoms with E-state index in [1.54, 1.807) is 0 Å². The van der Waals surface area contributed by atoms with Crippen molar-refractivity contribution in [2.45, 2.75) is 31.8 Å². The molecular weight excluding hydrogens is 224 g/mol. The first kappa shape index (κ1) is 11.8. The maximum atomic E-state index is 9.53. The van der Waals surface area contributed by atoms with E-state index in [-0.39, 0.29) is 6.10 Å². The van der Waals surface area contributed by atoms with Gasteiger partial charge in [-0.2, -0.15) is 0 Å². The van der Waals surface area contributed by atoms with Gasteiger partial charge in [-0.05, 0) is 49.9 Å². The first-order valence-electron chi connectivity index (χ1n) is 7.11. The molecule has 2 heterocycles. The molecule has 0 atom stereocenters. The van der Waals surface area contributed by atoms with Crippen molar-refractivity contribution >= 4 is 11.4 Å². The lowest BCUT2D eigenvalue weighted by Gasteiger charge is -2.31. The molecule has 0 saturated carbocycles. The van der Waals surface area contributed by atoms with Gasteiger partial charge >= 0.3 is 0 Å². The van der Waals surface area contributed by atoms with Crippen LogP contribution in [0.4, 0.5) is 11.4 Å². The number of rotatable bonds is 2. The van der Waals surface area contributed by atoms with Crippen molar-refractivity contribution in [3.8, 4) is 0 Å². The summed E-state index contributed by atoms with van der Waals surface area (Å²) >= 11 is 0. The fraction of sp³-hybridized carbons (Fsp3) is 0.600. The van der Waals surface area contributed by atoms with Crippen molar-refractivity contribution in [3.05, 3.63) is 24.3 Å². The zero-order valence-corrected chi connectivity index (χ0v) is 10.9. The highest BCUT2D eigenvalue weighted by atomic mass is 16.3. The van der Waals surface area contributed by atoms with Crippen LogP contribution in [0, 0.1) is 0 Å². The van der Waals surface area contributed by atoms with Crippen LogP contribution in [0.15, 0.2) is 24.3 Å². The van der Waals surface area contributed by atoms with Crippen molar-refractivity contribution in [2.24, 2.45) is 0 Å². The van der Waals surface area contributed by atoms with Crippen LogP contribution in [0.5, 0.6) is 0 Å². The lowest BCUT2D eigenvalue weighted by Crippen LogP contribution is -2.35. The van der Waals surface area contributed by atoms with Crippen LogP contribution in [0.2, 0.25) is 0 Å². The largest absolute Gasteiger partial charge is 0.393 e. The predicted octanol–water partition coefficient (Wildman–Crippen LogP) is 2.25. The second-order valence-corrected chi connectivity index (χ2v) is 5.43. The Morgan fingerprint density at radius 3 is 1.72 bits per heavy atom. The molecule has 0 aliphatic carbocycles. The van der Waals surface area contributed by atoms with Crippen LogP contribution in [-0.2, 0) is 0 Å². The topological polar surface area (TPSA) is 26.7 Å². The van der Waals surface area contributed by atoms with Gasteiger partial charge in [-0.15, -0.1) is 0 Å². The molecule has 2 saturated heterocycles. The Labute approximate surface area is 109 Å². The summed E-state index contributed by atoms with van der Waals surface area (Å²) in [4.78, 5) is 4.84. The summed E-state index contributed by atoms with van der Waals surface area (Å²) in [6.07, 6.45) is 4.35. The molecule has 0 bridgehead atoms. The number of aliphatic hydroxyl groups is 1. The Bertz CT molecular complexity index is 376. The van der Waals surface area contributed by atoms with E-state index in [9.17, 15) is 5.11 Å². The van der Waals surface area contributed by atoms with E-state index in [0.29, 0.717) is 0 Å². The summed E-state index contributed by atoms with van der Waals surface area (Å²) in [5.74, 6) is 0. The van der Waals surface area contributed by atoms with Crippen LogP contribution in [0.3, 0.4) is 0 Å². The normalized spacial score (nSPS) is 21.6. The van der Waals surface area contributed by atoms with Crippen molar-refractivity contribution in [2.75, 3.05) is 36.0 Å². The van der Waals surface area contributed by atoms with Gasteiger partial charge in [-0.3, -0.25) is 0 Å². The van der Waals surface area contributed by atoms with E-state index < -0.39 is 0 Å². The zero-order valence-electron chi connectivity index (χ0n) is 10.9. The highest BCUT2D eigenvalue weighted by Gasteiger charge is 2.17. The number of aliphatic hydroxyl groups excluding tert-OH is 1. The fourth-order valence-electron chi connectivity index (χ4n) is 2.97. The van der Waals surface area contributed by atoms with Crippen LogP contribution in [-0.4, -0.2) is 37.4 Å². The monoisotopic (exact) mass is 246 g/mol. The van der Waals surface area contributed by atoms with Gasteiger partial charge in [0.1, 0.15) is 0 Å². The number of piperidine rings is 1. The Morgan fingerprint density at radius 1 is 0.778 bits per heavy atom. The van der Waals surface area contributed by atoms with Gasteiger partial charge in [-0.1, -0.05) is 0 Å². The SMILES string of the molecule is OC1CCN(c2ccc(N3CCCC3)cc2)CC1. The molecular formula is C15H22N2O. The third-order valence-corrected chi connectivity index (χ3v) is 4.15. The zero-order chi connectivity index (χ0) is 12.4. The third kappa shape index (κ3) is 2.46. The minimum atomic E-state index is -0.0925. The van der Waals surface area contributed by atoms with Crippen molar-refractivity contribution < 1.29 is 5.11 Å². The average molecular weight is 246 g/mol. The molecule has 2 aliphatic heterocycles. The van der Waals surface area contributed by atoms with Crippen LogP contribution >= 0.6 is 0 Å². The van der Waals surface area contributed by atoms with Gasteiger partial charge in [0.15, 0.2) is 0 Å². The summed E-state index contributed by atoms with van der Waals surface area (Å²) in [5, 5.41) is 9.53. The molecule has 0 amide bonds. The maximum absolute atomic E-state index is 9.53. The highest BCUT2D eigenvalue weighted by Crippen LogP contribution is 2.25. The Morgan fingerprint density at radius 2 is 1.22 bits per heavy atom. The van der Waals surface area contributed by atoms with Crippen LogP contribution in [0.25, 0.3) is 0 Å². The molecule has 1 aromatic rings. The molecule has 2 fully saturated rings. The van der Waals surface area contributed by atoms with Gasteiger partial charge < -0.3 is 14.9 Å². The van der Waals surface area contributed by atoms with E-state index in [1.807, 2.05) is 0 Å². The minimum absolute atomic E-state index is 0.0925. The van der Waals surface area contributed by atoms with Gasteiger partial charge in [0.2, 0.25) is 0 Å². The van der Waals surface area contributed by atoms with E-state index >= 15 is 0 Å². The number of nitrogens with zero attached hydrogens (tertiary/aromatic N) is 2. The van der Waals surface area contributed by atoms with Crippen molar-refractivity contribution in [1.29, 1.82) is 0 Å². The molecule has 0 radical (unpaired) electrons. The Balaban J connectivity index is 1.67. The number of hydrogen-bond donors (Lipinski definition) is 1. The van der Waals surface area contributed by atoms with E-state index in [2.05, 4.69) is 34.1 Å². The minimum Gasteiger partial charge on any atom is -0.393 e. The lowest BCUT2D eigenvalue weighted by molar-refractivity contribution is 0.145. The summed E-state index contributed by atoms with van der Waals surface area (Å²) < 4.78 is 0. The molecule has 0 spiro atoms. The lowest BCUT2D eigenvalue weighted by atomic mass is 10.1. The standard InChI is InChI=1S/C15H22N2O/c18-15-7-11-17(12-8-15)14-5-3-13(4-6-14)16-9-1-2-10-16/h3-6,15,18H,1-2,7-12H2. The summed E-state index contributed by atoms with van der Waals surface area (Å²) in [5.41, 5.74) is 2.65. The fourth-order valence-corrected chi connectivity index (χ4v) is 2.97. The Kier molecular flexibility index (Phi) is 3.41. The second kappa shape index (κ2) is 5.19. The van der Waals surface area contributed by atoms with Gasteiger partial charge in [0, 0.05) is 37.6 Å². The number of anilines is 2. The molecule has 3 nitrogen and oxygen atoms in total. The molecule has 2 aliphatic rings. The third-order valence-electron chi connectivity index (χ3n) is 4.15. The van der Waals surface area contributed by atoms with Crippen molar-refractivity contribution in [3.63, 3.8) is 0 Å². The molecule has 3 rings (SSSR count). The van der Waals surface area contributed by atoms with E-state index in [4.69, 9.17) is 0 Å². The first-order valence-corrected chi connectivity index (χ1v) is 7.11. The highest BCUT2D eigenvalue weighted by molar-refractivity contribution is 5.56. The first-order chi connectivity index (χ1) is 8.83. The number of hydrogen-bond acceptors (Lipinski definition) is 3. The van der Waals surface area contributed by atoms with Crippen LogP contribution in [0.1, 0.15) is 25.7 Å². The summed E-state index contributed by atoms with van der Waals surface area (Å²) in [7, 11) is 0. The molecule has 18 heavy (non-hydrogen) atoms. The molecule has 98 valence electrons. The van der Waals surface area contributed by atoms with E-state index in [0.717, 1.165) is 25.9 Å². The van der Waals surface area contributed by atoms with Crippen LogP contribution < -0.4 is 9.80 Å². The van der Waals surface area contributed by atoms with Gasteiger partial charge in [-0.25, -0.2) is 0 Å². The molecule has 0 aromatic heterocycles. The summed E-state index contributed by atoms with van der Waals surface area (Å²) in [6.45, 7) is 4.36. The van der Waals surface area contributed by atoms with Gasteiger partial charge in [0.25, 0.3) is 0 Å². The molecule has 1 N–H and O–H groups in total.